The first-order valence-electron chi connectivity index (χ1n) is 12.3. The van der Waals surface area contributed by atoms with Crippen LogP contribution >= 0.6 is 0 Å². The number of benzene rings is 3. The standard InChI is InChI=1S/C30H35FN2O3/c1-5-23(4)32-30(35)28(18-24-9-7-6-8-10-24)33(19-25-12-14-26(31)15-13-25)29(34)20-36-27-16-11-21(2)22(3)17-27/h6-17,23,28H,5,18-20H2,1-4H3,(H,32,35). The van der Waals surface area contributed by atoms with Gasteiger partial charge in [-0.15, -0.1) is 0 Å². The summed E-state index contributed by atoms with van der Waals surface area (Å²) in [5, 5.41) is 3.03. The van der Waals surface area contributed by atoms with Crippen molar-refractivity contribution >= 4 is 11.8 Å². The van der Waals surface area contributed by atoms with Crippen LogP contribution in [0.25, 0.3) is 0 Å². The highest BCUT2D eigenvalue weighted by Crippen LogP contribution is 2.19. The van der Waals surface area contributed by atoms with Crippen molar-refractivity contribution in [3.05, 3.63) is 101 Å². The number of nitrogens with one attached hydrogen (secondary N) is 1. The van der Waals surface area contributed by atoms with E-state index in [0.717, 1.165) is 28.7 Å². The van der Waals surface area contributed by atoms with Crippen LogP contribution in [0.1, 0.15) is 42.5 Å². The predicted molar refractivity (Wildman–Crippen MR) is 140 cm³/mol. The number of carbonyl (C=O) groups is 2. The van der Waals surface area contributed by atoms with Gasteiger partial charge < -0.3 is 15.0 Å². The van der Waals surface area contributed by atoms with Gasteiger partial charge in [0.1, 0.15) is 17.6 Å². The second-order valence-corrected chi connectivity index (χ2v) is 9.21. The maximum Gasteiger partial charge on any atom is 0.261 e. The van der Waals surface area contributed by atoms with Gasteiger partial charge in [-0.3, -0.25) is 9.59 Å². The number of ether oxygens (including phenoxy) is 1. The minimum atomic E-state index is -0.762. The fraction of sp³-hybridized carbons (Fsp3) is 0.333. The molecule has 1 N–H and O–H groups in total. The molecule has 0 bridgehead atoms. The molecule has 0 spiro atoms. The van der Waals surface area contributed by atoms with E-state index in [4.69, 9.17) is 4.74 Å². The van der Waals surface area contributed by atoms with Gasteiger partial charge in [-0.1, -0.05) is 55.5 Å². The second-order valence-electron chi connectivity index (χ2n) is 9.21. The molecule has 190 valence electrons. The van der Waals surface area contributed by atoms with Crippen LogP contribution in [0, 0.1) is 19.7 Å². The second kappa shape index (κ2) is 12.9. The summed E-state index contributed by atoms with van der Waals surface area (Å²) in [5.41, 5.74) is 3.87. The minimum absolute atomic E-state index is 0.0367. The van der Waals surface area contributed by atoms with Crippen molar-refractivity contribution in [1.82, 2.24) is 10.2 Å². The number of nitrogens with zero attached hydrogens (tertiary/aromatic N) is 1. The maximum absolute atomic E-state index is 13.6. The Bertz CT molecular complexity index is 1150. The van der Waals surface area contributed by atoms with Crippen LogP contribution in [-0.4, -0.2) is 35.4 Å². The molecule has 0 aliphatic heterocycles. The molecule has 3 aromatic rings. The first-order chi connectivity index (χ1) is 17.3. The molecule has 2 amide bonds. The Morgan fingerprint density at radius 1 is 0.944 bits per heavy atom. The zero-order valence-electron chi connectivity index (χ0n) is 21.5. The summed E-state index contributed by atoms with van der Waals surface area (Å²) in [4.78, 5) is 28.6. The lowest BCUT2D eigenvalue weighted by molar-refractivity contribution is -0.143. The fourth-order valence-corrected chi connectivity index (χ4v) is 3.81. The lowest BCUT2D eigenvalue weighted by Crippen LogP contribution is -2.53. The van der Waals surface area contributed by atoms with Crippen molar-refractivity contribution in [2.24, 2.45) is 0 Å². The molecule has 0 saturated heterocycles. The van der Waals surface area contributed by atoms with Gasteiger partial charge in [0.15, 0.2) is 6.61 Å². The average Bonchev–Trinajstić information content (AvgIpc) is 2.88. The first-order valence-corrected chi connectivity index (χ1v) is 12.3. The third kappa shape index (κ3) is 7.67. The molecule has 6 heteroatoms. The van der Waals surface area contributed by atoms with Crippen LogP contribution in [0.15, 0.2) is 72.8 Å². The smallest absolute Gasteiger partial charge is 0.261 e. The molecule has 3 aromatic carbocycles. The Kier molecular flexibility index (Phi) is 9.62. The van der Waals surface area contributed by atoms with Gasteiger partial charge in [-0.2, -0.15) is 0 Å². The Labute approximate surface area is 213 Å². The highest BCUT2D eigenvalue weighted by molar-refractivity contribution is 5.88. The van der Waals surface area contributed by atoms with Crippen molar-refractivity contribution in [2.75, 3.05) is 6.61 Å². The first kappa shape index (κ1) is 26.9. The minimum Gasteiger partial charge on any atom is -0.484 e. The number of hydrogen-bond donors (Lipinski definition) is 1. The van der Waals surface area contributed by atoms with Crippen molar-refractivity contribution < 1.29 is 18.7 Å². The molecule has 0 aliphatic rings. The van der Waals surface area contributed by atoms with Gasteiger partial charge in [0.25, 0.3) is 5.91 Å². The lowest BCUT2D eigenvalue weighted by atomic mass is 10.0. The number of amides is 2. The molecular formula is C30H35FN2O3. The molecule has 36 heavy (non-hydrogen) atoms. The van der Waals surface area contributed by atoms with E-state index < -0.39 is 6.04 Å². The average molecular weight is 491 g/mol. The number of aryl methyl sites for hydroxylation is 2. The van der Waals surface area contributed by atoms with Crippen molar-refractivity contribution in [3.8, 4) is 5.75 Å². The van der Waals surface area contributed by atoms with Crippen LogP contribution in [0.3, 0.4) is 0 Å². The van der Waals surface area contributed by atoms with E-state index in [-0.39, 0.29) is 36.8 Å². The highest BCUT2D eigenvalue weighted by Gasteiger charge is 2.31. The summed E-state index contributed by atoms with van der Waals surface area (Å²) in [6.07, 6.45) is 1.12. The lowest BCUT2D eigenvalue weighted by Gasteiger charge is -2.32. The van der Waals surface area contributed by atoms with E-state index >= 15 is 0 Å². The molecule has 0 saturated carbocycles. The molecule has 0 radical (unpaired) electrons. The third-order valence-electron chi connectivity index (χ3n) is 6.38. The molecule has 2 unspecified atom stereocenters. The van der Waals surface area contributed by atoms with E-state index in [1.165, 1.54) is 12.1 Å². The van der Waals surface area contributed by atoms with Gasteiger partial charge in [-0.25, -0.2) is 4.39 Å². The summed E-state index contributed by atoms with van der Waals surface area (Å²) >= 11 is 0. The van der Waals surface area contributed by atoms with Crippen molar-refractivity contribution in [3.63, 3.8) is 0 Å². The number of carbonyl (C=O) groups excluding carboxylic acids is 2. The Morgan fingerprint density at radius 2 is 1.64 bits per heavy atom. The van der Waals surface area contributed by atoms with Gasteiger partial charge in [-0.05, 0) is 73.7 Å². The molecular weight excluding hydrogens is 455 g/mol. The van der Waals surface area contributed by atoms with Crippen LogP contribution in [-0.2, 0) is 22.6 Å². The summed E-state index contributed by atoms with van der Waals surface area (Å²) in [7, 11) is 0. The van der Waals surface area contributed by atoms with Gasteiger partial charge in [0.2, 0.25) is 5.91 Å². The SMILES string of the molecule is CCC(C)NC(=O)C(Cc1ccccc1)N(Cc1ccc(F)cc1)C(=O)COc1ccc(C)c(C)c1. The number of halogens is 1. The summed E-state index contributed by atoms with van der Waals surface area (Å²) in [6.45, 7) is 7.87. The molecule has 2 atom stereocenters. The topological polar surface area (TPSA) is 58.6 Å². The van der Waals surface area contributed by atoms with Crippen LogP contribution < -0.4 is 10.1 Å². The highest BCUT2D eigenvalue weighted by atomic mass is 19.1. The summed E-state index contributed by atoms with van der Waals surface area (Å²) in [6, 6.07) is 20.5. The van der Waals surface area contributed by atoms with Gasteiger partial charge in [0, 0.05) is 19.0 Å². The van der Waals surface area contributed by atoms with Crippen LogP contribution in [0.2, 0.25) is 0 Å². The Morgan fingerprint density at radius 3 is 2.28 bits per heavy atom. The molecule has 0 fully saturated rings. The summed E-state index contributed by atoms with van der Waals surface area (Å²) < 4.78 is 19.4. The monoisotopic (exact) mass is 490 g/mol. The predicted octanol–water partition coefficient (Wildman–Crippen LogP) is 5.38. The van der Waals surface area contributed by atoms with Crippen molar-refractivity contribution in [1.29, 1.82) is 0 Å². The zero-order chi connectivity index (χ0) is 26.1. The van der Waals surface area contributed by atoms with E-state index in [1.54, 1.807) is 17.0 Å². The molecule has 0 aromatic heterocycles. The molecule has 0 aliphatic carbocycles. The Hall–Kier alpha value is -3.67. The van der Waals surface area contributed by atoms with E-state index in [0.29, 0.717) is 12.2 Å². The zero-order valence-corrected chi connectivity index (χ0v) is 21.5. The van der Waals surface area contributed by atoms with Crippen LogP contribution in [0.5, 0.6) is 5.75 Å². The molecule has 0 heterocycles. The Balaban J connectivity index is 1.90. The third-order valence-corrected chi connectivity index (χ3v) is 6.38. The summed E-state index contributed by atoms with van der Waals surface area (Å²) in [5.74, 6) is -0.311. The number of rotatable bonds is 11. The van der Waals surface area contributed by atoms with E-state index in [1.807, 2.05) is 76.2 Å². The largest absolute Gasteiger partial charge is 0.484 e. The van der Waals surface area contributed by atoms with Crippen molar-refractivity contribution in [2.45, 2.75) is 59.2 Å². The quantitative estimate of drug-likeness (QED) is 0.393. The molecule has 3 rings (SSSR count). The van der Waals surface area contributed by atoms with Gasteiger partial charge >= 0.3 is 0 Å². The van der Waals surface area contributed by atoms with Crippen LogP contribution in [0.4, 0.5) is 4.39 Å². The molecule has 5 nitrogen and oxygen atoms in total. The van der Waals surface area contributed by atoms with E-state index in [2.05, 4.69) is 5.32 Å². The van der Waals surface area contributed by atoms with Gasteiger partial charge in [0.05, 0.1) is 0 Å². The maximum atomic E-state index is 13.6. The normalized spacial score (nSPS) is 12.5. The van der Waals surface area contributed by atoms with E-state index in [9.17, 15) is 14.0 Å². The number of hydrogen-bond acceptors (Lipinski definition) is 3. The fourth-order valence-electron chi connectivity index (χ4n) is 3.81.